The molecule has 0 aliphatic carbocycles. The standard InChI is InChI=1S/C33H24N4O9/c1-43-26-8-5-9-27-23(26)16-29(46-27)31-35-24-7-4-3-6-22(24)32(38)36(31)34-17-20-14-25(37(41)42)30(28(15-20)44-2)45-18-19-10-12-21(13-11-19)33(39)40/h3-17H,18H2,1-2H3,(H,39,40). The number of nitro groups is 1. The number of methoxy groups -OCH3 is 2. The first-order valence-corrected chi connectivity index (χ1v) is 13.7. The van der Waals surface area contributed by atoms with Gasteiger partial charge in [-0.15, -0.1) is 0 Å². The van der Waals surface area contributed by atoms with Crippen LogP contribution in [-0.2, 0) is 6.61 Å². The molecule has 0 radical (unpaired) electrons. The highest BCUT2D eigenvalue weighted by Crippen LogP contribution is 2.39. The van der Waals surface area contributed by atoms with E-state index in [2.05, 4.69) is 10.1 Å². The largest absolute Gasteiger partial charge is 0.496 e. The lowest BCUT2D eigenvalue weighted by atomic mass is 10.1. The predicted octanol–water partition coefficient (Wildman–Crippen LogP) is 5.89. The molecule has 0 spiro atoms. The van der Waals surface area contributed by atoms with Crippen LogP contribution in [0.2, 0.25) is 0 Å². The van der Waals surface area contributed by atoms with E-state index < -0.39 is 22.1 Å². The lowest BCUT2D eigenvalue weighted by molar-refractivity contribution is -0.386. The van der Waals surface area contributed by atoms with Crippen LogP contribution in [0.15, 0.2) is 99.2 Å². The maximum Gasteiger partial charge on any atom is 0.335 e. The molecule has 13 nitrogen and oxygen atoms in total. The molecule has 6 rings (SSSR count). The second-order valence-electron chi connectivity index (χ2n) is 9.92. The first kappa shape index (κ1) is 29.6. The summed E-state index contributed by atoms with van der Waals surface area (Å²) in [5.41, 5.74) is 0.972. The van der Waals surface area contributed by atoms with E-state index in [-0.39, 0.29) is 40.8 Å². The van der Waals surface area contributed by atoms with E-state index in [1.165, 1.54) is 44.7 Å². The average molecular weight is 621 g/mol. The van der Waals surface area contributed by atoms with E-state index in [0.717, 1.165) is 4.68 Å². The number of carbonyl (C=O) groups is 1. The summed E-state index contributed by atoms with van der Waals surface area (Å²) < 4.78 is 23.8. The monoisotopic (exact) mass is 620 g/mol. The Morgan fingerprint density at radius 3 is 2.48 bits per heavy atom. The third-order valence-corrected chi connectivity index (χ3v) is 7.10. The van der Waals surface area contributed by atoms with Crippen molar-refractivity contribution in [3.63, 3.8) is 0 Å². The smallest absolute Gasteiger partial charge is 0.335 e. The molecule has 0 atom stereocenters. The van der Waals surface area contributed by atoms with Gasteiger partial charge >= 0.3 is 11.7 Å². The summed E-state index contributed by atoms with van der Waals surface area (Å²) in [6.07, 6.45) is 1.27. The zero-order chi connectivity index (χ0) is 32.4. The summed E-state index contributed by atoms with van der Waals surface area (Å²) >= 11 is 0. The number of hydrogen-bond acceptors (Lipinski definition) is 10. The SMILES string of the molecule is COc1cc(C=Nn2c(-c3cc4c(OC)cccc4o3)nc3ccccc3c2=O)cc([N+](=O)[O-])c1OCc1ccc(C(=O)O)cc1. The summed E-state index contributed by atoms with van der Waals surface area (Å²) in [4.78, 5) is 40.9. The Balaban J connectivity index is 1.41. The van der Waals surface area contributed by atoms with Gasteiger partial charge in [0.1, 0.15) is 17.9 Å². The number of hydrogen-bond donors (Lipinski definition) is 1. The molecule has 0 aliphatic rings. The number of carboxylic acids is 1. The fourth-order valence-electron chi connectivity index (χ4n) is 4.85. The first-order valence-electron chi connectivity index (χ1n) is 13.7. The molecule has 13 heteroatoms. The highest BCUT2D eigenvalue weighted by atomic mass is 16.6. The van der Waals surface area contributed by atoms with Gasteiger partial charge in [-0.3, -0.25) is 14.9 Å². The molecule has 4 aromatic carbocycles. The summed E-state index contributed by atoms with van der Waals surface area (Å²) in [5, 5.41) is 26.6. The van der Waals surface area contributed by atoms with Crippen LogP contribution in [0.25, 0.3) is 33.5 Å². The van der Waals surface area contributed by atoms with Gasteiger partial charge in [0.25, 0.3) is 5.56 Å². The quantitative estimate of drug-likeness (QED) is 0.111. The fourth-order valence-corrected chi connectivity index (χ4v) is 4.85. The summed E-state index contributed by atoms with van der Waals surface area (Å²) in [6, 6.07) is 22.4. The number of carboxylic acid groups (broad SMARTS) is 1. The van der Waals surface area contributed by atoms with Gasteiger partial charge in [0, 0.05) is 11.6 Å². The Hall–Kier alpha value is -6.50. The number of benzene rings is 4. The Labute approximate surface area is 259 Å². The molecule has 230 valence electrons. The average Bonchev–Trinajstić information content (AvgIpc) is 3.51. The van der Waals surface area contributed by atoms with Gasteiger partial charge in [-0.2, -0.15) is 9.78 Å². The molecule has 1 N–H and O–H groups in total. The molecule has 0 saturated heterocycles. The van der Waals surface area contributed by atoms with Gasteiger partial charge in [0.15, 0.2) is 11.5 Å². The second kappa shape index (κ2) is 12.2. The van der Waals surface area contributed by atoms with Crippen LogP contribution in [-0.4, -0.2) is 46.1 Å². The van der Waals surface area contributed by atoms with Gasteiger partial charge < -0.3 is 23.7 Å². The van der Waals surface area contributed by atoms with Gasteiger partial charge in [0.05, 0.1) is 47.2 Å². The van der Waals surface area contributed by atoms with Crippen molar-refractivity contribution in [2.75, 3.05) is 14.2 Å². The van der Waals surface area contributed by atoms with Crippen LogP contribution in [0, 0.1) is 10.1 Å². The van der Waals surface area contributed by atoms with Crippen molar-refractivity contribution in [3.8, 4) is 28.8 Å². The van der Waals surface area contributed by atoms with Crippen molar-refractivity contribution in [2.24, 2.45) is 5.10 Å². The minimum absolute atomic E-state index is 0.0476. The summed E-state index contributed by atoms with van der Waals surface area (Å²) in [7, 11) is 2.87. The third kappa shape index (κ3) is 5.59. The van der Waals surface area contributed by atoms with E-state index >= 15 is 0 Å². The van der Waals surface area contributed by atoms with E-state index in [9.17, 15) is 19.7 Å². The fraction of sp³-hybridized carbons (Fsp3) is 0.0909. The van der Waals surface area contributed by atoms with Crippen molar-refractivity contribution in [1.29, 1.82) is 0 Å². The van der Waals surface area contributed by atoms with Crippen LogP contribution < -0.4 is 19.8 Å². The van der Waals surface area contributed by atoms with E-state index in [1.807, 2.05) is 0 Å². The molecule has 6 aromatic rings. The number of fused-ring (bicyclic) bond motifs is 2. The van der Waals surface area contributed by atoms with Crippen LogP contribution in [0.5, 0.6) is 17.2 Å². The Kier molecular flexibility index (Phi) is 7.87. The molecule has 2 aromatic heterocycles. The number of aromatic carboxylic acids is 1. The normalized spacial score (nSPS) is 11.3. The summed E-state index contributed by atoms with van der Waals surface area (Å²) in [6.45, 7) is -0.0890. The third-order valence-electron chi connectivity index (χ3n) is 7.10. The maximum absolute atomic E-state index is 13.7. The van der Waals surface area contributed by atoms with Crippen molar-refractivity contribution >= 4 is 39.7 Å². The maximum atomic E-state index is 13.7. The number of nitro benzene ring substituents is 1. The van der Waals surface area contributed by atoms with E-state index in [4.69, 9.17) is 23.7 Å². The highest BCUT2D eigenvalue weighted by Gasteiger charge is 2.23. The molecule has 0 aliphatic heterocycles. The molecule has 0 unspecified atom stereocenters. The first-order chi connectivity index (χ1) is 22.3. The van der Waals surface area contributed by atoms with Gasteiger partial charge in [-0.25, -0.2) is 9.78 Å². The minimum atomic E-state index is -1.08. The predicted molar refractivity (Wildman–Crippen MR) is 168 cm³/mol. The Bertz CT molecular complexity index is 2220. The molecule has 46 heavy (non-hydrogen) atoms. The number of furan rings is 1. The lowest BCUT2D eigenvalue weighted by Gasteiger charge is -2.12. The van der Waals surface area contributed by atoms with E-state index in [0.29, 0.717) is 33.2 Å². The Morgan fingerprint density at radius 1 is 1.00 bits per heavy atom. The molecule has 0 bridgehead atoms. The lowest BCUT2D eigenvalue weighted by Crippen LogP contribution is -2.20. The Morgan fingerprint density at radius 2 is 1.76 bits per heavy atom. The number of nitrogens with zero attached hydrogens (tertiary/aromatic N) is 4. The molecule has 2 heterocycles. The molecule has 0 saturated carbocycles. The zero-order valence-corrected chi connectivity index (χ0v) is 24.4. The van der Waals surface area contributed by atoms with Crippen LogP contribution in [0.3, 0.4) is 0 Å². The van der Waals surface area contributed by atoms with Gasteiger partial charge in [-0.05, 0) is 54.1 Å². The van der Waals surface area contributed by atoms with Crippen molar-refractivity contribution in [2.45, 2.75) is 6.61 Å². The van der Waals surface area contributed by atoms with Crippen LogP contribution >= 0.6 is 0 Å². The topological polar surface area (TPSA) is 169 Å². The number of rotatable bonds is 10. The number of aromatic nitrogens is 2. The number of para-hydroxylation sites is 1. The highest BCUT2D eigenvalue weighted by molar-refractivity contribution is 5.89. The van der Waals surface area contributed by atoms with Crippen molar-refractivity contribution in [1.82, 2.24) is 9.66 Å². The summed E-state index contributed by atoms with van der Waals surface area (Å²) in [5.74, 6) is -0.227. The molecule has 0 amide bonds. The van der Waals surface area contributed by atoms with Crippen molar-refractivity contribution < 1.29 is 33.5 Å². The van der Waals surface area contributed by atoms with Crippen molar-refractivity contribution in [3.05, 3.63) is 122 Å². The molecule has 0 fully saturated rings. The van der Waals surface area contributed by atoms with E-state index in [1.54, 1.807) is 60.7 Å². The minimum Gasteiger partial charge on any atom is -0.496 e. The van der Waals surface area contributed by atoms with Crippen LogP contribution in [0.1, 0.15) is 21.5 Å². The van der Waals surface area contributed by atoms with Gasteiger partial charge in [-0.1, -0.05) is 30.3 Å². The zero-order valence-electron chi connectivity index (χ0n) is 24.4. The number of ether oxygens (including phenoxy) is 3. The molecular weight excluding hydrogens is 596 g/mol. The van der Waals surface area contributed by atoms with Gasteiger partial charge in [0.2, 0.25) is 11.6 Å². The van der Waals surface area contributed by atoms with Crippen LogP contribution in [0.4, 0.5) is 5.69 Å². The molecular formula is C33H24N4O9. The second-order valence-corrected chi connectivity index (χ2v) is 9.92.